The minimum atomic E-state index is -0.0885. The van der Waals surface area contributed by atoms with Gasteiger partial charge in [-0.15, -0.1) is 0 Å². The first-order valence-electron chi connectivity index (χ1n) is 6.60. The summed E-state index contributed by atoms with van der Waals surface area (Å²) in [5, 5.41) is 7.01. The zero-order valence-corrected chi connectivity index (χ0v) is 13.1. The fourth-order valence-corrected chi connectivity index (χ4v) is 2.46. The van der Waals surface area contributed by atoms with Gasteiger partial charge < -0.3 is 10.6 Å². The van der Waals surface area contributed by atoms with Crippen LogP contribution in [0, 0.1) is 6.92 Å². The molecule has 2 aromatic rings. The van der Waals surface area contributed by atoms with E-state index in [1.807, 2.05) is 31.2 Å². The Kier molecular flexibility index (Phi) is 5.48. The molecule has 2 N–H and O–H groups in total. The van der Waals surface area contributed by atoms with Gasteiger partial charge >= 0.3 is 0 Å². The second kappa shape index (κ2) is 7.34. The molecule has 0 fully saturated rings. The number of carbonyl (C=O) groups excluding carboxylic acids is 1. The van der Waals surface area contributed by atoms with Crippen molar-refractivity contribution in [3.05, 3.63) is 58.1 Å². The molecule has 0 aliphatic heterocycles. The predicted molar refractivity (Wildman–Crippen MR) is 89.4 cm³/mol. The van der Waals surface area contributed by atoms with Crippen molar-refractivity contribution in [3.8, 4) is 0 Å². The lowest BCUT2D eigenvalue weighted by Gasteiger charge is -2.10. The van der Waals surface area contributed by atoms with Gasteiger partial charge in [-0.25, -0.2) is 0 Å². The molecule has 3 nitrogen and oxygen atoms in total. The Morgan fingerprint density at radius 2 is 1.76 bits per heavy atom. The van der Waals surface area contributed by atoms with Crippen LogP contribution in [0.2, 0.25) is 10.0 Å². The zero-order chi connectivity index (χ0) is 15.2. The Labute approximate surface area is 134 Å². The molecule has 0 saturated carbocycles. The van der Waals surface area contributed by atoms with Crippen molar-refractivity contribution in [1.82, 2.24) is 0 Å². The van der Waals surface area contributed by atoms with Crippen LogP contribution in [-0.2, 0) is 4.79 Å². The Hall–Kier alpha value is -1.71. The second-order valence-electron chi connectivity index (χ2n) is 4.70. The fourth-order valence-electron chi connectivity index (χ4n) is 1.93. The number of anilines is 2. The fraction of sp³-hybridized carbons (Fsp3) is 0.188. The van der Waals surface area contributed by atoms with Gasteiger partial charge in [0.15, 0.2) is 0 Å². The Balaban J connectivity index is 1.84. The number of amides is 1. The summed E-state index contributed by atoms with van der Waals surface area (Å²) in [6.45, 7) is 2.58. The molecule has 0 spiro atoms. The number of rotatable bonds is 5. The van der Waals surface area contributed by atoms with E-state index in [4.69, 9.17) is 23.2 Å². The number of halogens is 2. The van der Waals surface area contributed by atoms with Gasteiger partial charge in [-0.3, -0.25) is 4.79 Å². The topological polar surface area (TPSA) is 41.1 Å². The lowest BCUT2D eigenvalue weighted by Crippen LogP contribution is -2.16. The van der Waals surface area contributed by atoms with Gasteiger partial charge in [0.2, 0.25) is 5.91 Å². The van der Waals surface area contributed by atoms with Gasteiger partial charge in [-0.2, -0.15) is 0 Å². The van der Waals surface area contributed by atoms with Crippen LogP contribution < -0.4 is 10.6 Å². The molecule has 0 aliphatic carbocycles. The molecule has 5 heteroatoms. The van der Waals surface area contributed by atoms with Crippen LogP contribution in [0.1, 0.15) is 12.0 Å². The maximum Gasteiger partial charge on any atom is 0.226 e. The monoisotopic (exact) mass is 322 g/mol. The van der Waals surface area contributed by atoms with Crippen LogP contribution >= 0.6 is 23.2 Å². The maximum atomic E-state index is 11.9. The number of aryl methyl sites for hydroxylation is 1. The average Bonchev–Trinajstić information content (AvgIpc) is 2.39. The predicted octanol–water partition coefficient (Wildman–Crippen LogP) is 4.74. The molecule has 0 aromatic heterocycles. The summed E-state index contributed by atoms with van der Waals surface area (Å²) < 4.78 is 0. The largest absolute Gasteiger partial charge is 0.384 e. The van der Waals surface area contributed by atoms with Crippen LogP contribution in [0.25, 0.3) is 0 Å². The second-order valence-corrected chi connectivity index (χ2v) is 5.57. The van der Waals surface area contributed by atoms with Crippen LogP contribution in [-0.4, -0.2) is 12.5 Å². The molecular formula is C16H16Cl2N2O. The zero-order valence-electron chi connectivity index (χ0n) is 11.6. The third-order valence-corrected chi connectivity index (χ3v) is 3.40. The van der Waals surface area contributed by atoms with Gasteiger partial charge in [0, 0.05) is 34.4 Å². The first kappa shape index (κ1) is 15.7. The third kappa shape index (κ3) is 4.96. The van der Waals surface area contributed by atoms with Crippen molar-refractivity contribution in [2.45, 2.75) is 13.3 Å². The summed E-state index contributed by atoms with van der Waals surface area (Å²) >= 11 is 11.8. The summed E-state index contributed by atoms with van der Waals surface area (Å²) in [6.07, 6.45) is 0.360. The van der Waals surface area contributed by atoms with E-state index >= 15 is 0 Å². The highest BCUT2D eigenvalue weighted by atomic mass is 35.5. The Bertz CT molecular complexity index is 624. The highest BCUT2D eigenvalue weighted by Gasteiger charge is 2.04. The van der Waals surface area contributed by atoms with E-state index in [9.17, 15) is 4.79 Å². The molecule has 0 bridgehead atoms. The summed E-state index contributed by atoms with van der Waals surface area (Å²) in [5.41, 5.74) is 2.80. The molecule has 2 aromatic carbocycles. The molecule has 0 unspecified atom stereocenters. The van der Waals surface area contributed by atoms with E-state index in [1.54, 1.807) is 18.2 Å². The summed E-state index contributed by atoms with van der Waals surface area (Å²) in [5.74, 6) is -0.0885. The molecular weight excluding hydrogens is 307 g/mol. The van der Waals surface area contributed by atoms with Crippen molar-refractivity contribution in [1.29, 1.82) is 0 Å². The molecule has 2 rings (SSSR count). The van der Waals surface area contributed by atoms with Crippen molar-refractivity contribution in [2.24, 2.45) is 0 Å². The number of hydrogen-bond acceptors (Lipinski definition) is 2. The lowest BCUT2D eigenvalue weighted by atomic mass is 10.2. The van der Waals surface area contributed by atoms with Crippen molar-refractivity contribution in [3.63, 3.8) is 0 Å². The first-order valence-corrected chi connectivity index (χ1v) is 7.35. The normalized spacial score (nSPS) is 10.2. The van der Waals surface area contributed by atoms with E-state index in [0.717, 1.165) is 11.3 Å². The van der Waals surface area contributed by atoms with Gasteiger partial charge in [-0.1, -0.05) is 41.4 Å². The average molecular weight is 323 g/mol. The van der Waals surface area contributed by atoms with Crippen LogP contribution in [0.4, 0.5) is 11.4 Å². The van der Waals surface area contributed by atoms with Crippen molar-refractivity contribution < 1.29 is 4.79 Å². The van der Waals surface area contributed by atoms with Gasteiger partial charge in [0.05, 0.1) is 0 Å². The van der Waals surface area contributed by atoms with Gasteiger partial charge in [0.25, 0.3) is 0 Å². The number of benzene rings is 2. The molecule has 0 aliphatic rings. The highest BCUT2D eigenvalue weighted by molar-refractivity contribution is 6.35. The lowest BCUT2D eigenvalue weighted by molar-refractivity contribution is -0.115. The molecule has 0 radical (unpaired) electrons. The standard InChI is InChI=1S/C16H16Cl2N2O/c1-11-4-2-3-5-15(11)19-7-6-16(21)20-14-9-12(17)8-13(18)10-14/h2-5,8-10,19H,6-7H2,1H3,(H,20,21). The smallest absolute Gasteiger partial charge is 0.226 e. The number of hydrogen-bond donors (Lipinski definition) is 2. The number of carbonyl (C=O) groups is 1. The van der Waals surface area contributed by atoms with E-state index in [0.29, 0.717) is 28.7 Å². The van der Waals surface area contributed by atoms with Crippen LogP contribution in [0.3, 0.4) is 0 Å². The SMILES string of the molecule is Cc1ccccc1NCCC(=O)Nc1cc(Cl)cc(Cl)c1. The Morgan fingerprint density at radius 3 is 2.43 bits per heavy atom. The van der Waals surface area contributed by atoms with E-state index in [-0.39, 0.29) is 5.91 Å². The van der Waals surface area contributed by atoms with E-state index in [2.05, 4.69) is 10.6 Å². The van der Waals surface area contributed by atoms with E-state index < -0.39 is 0 Å². The molecule has 21 heavy (non-hydrogen) atoms. The third-order valence-electron chi connectivity index (χ3n) is 2.96. The summed E-state index contributed by atoms with van der Waals surface area (Å²) in [7, 11) is 0. The summed E-state index contributed by atoms with van der Waals surface area (Å²) in [4.78, 5) is 11.9. The Morgan fingerprint density at radius 1 is 1.10 bits per heavy atom. The number of nitrogens with one attached hydrogen (secondary N) is 2. The minimum Gasteiger partial charge on any atom is -0.384 e. The number of para-hydroxylation sites is 1. The minimum absolute atomic E-state index is 0.0885. The van der Waals surface area contributed by atoms with Crippen LogP contribution in [0.5, 0.6) is 0 Å². The quantitative estimate of drug-likeness (QED) is 0.834. The van der Waals surface area contributed by atoms with Gasteiger partial charge in [0.1, 0.15) is 0 Å². The van der Waals surface area contributed by atoms with Crippen molar-refractivity contribution >= 4 is 40.5 Å². The van der Waals surface area contributed by atoms with Crippen LogP contribution in [0.15, 0.2) is 42.5 Å². The first-order chi connectivity index (χ1) is 10.0. The highest BCUT2D eigenvalue weighted by Crippen LogP contribution is 2.22. The molecule has 1 amide bonds. The molecule has 110 valence electrons. The molecule has 0 saturated heterocycles. The van der Waals surface area contributed by atoms with Gasteiger partial charge in [-0.05, 0) is 36.8 Å². The summed E-state index contributed by atoms with van der Waals surface area (Å²) in [6, 6.07) is 12.9. The maximum absolute atomic E-state index is 11.9. The molecule has 0 heterocycles. The molecule has 0 atom stereocenters. The van der Waals surface area contributed by atoms with Crippen molar-refractivity contribution in [2.75, 3.05) is 17.2 Å². The van der Waals surface area contributed by atoms with E-state index in [1.165, 1.54) is 0 Å².